The Kier molecular flexibility index (Phi) is 29.3. The molecule has 0 unspecified atom stereocenters. The SMILES string of the molecule is C=CCn1c(=O)n([C@@H]2O[C@H](CO)[C@@H](O)[C@H]2O)c2nc(N)[nH]c(=O)c21.CC[C@@]1(O)C(=O)OCc2c1cc1n(c2=O)Cc2c-1nc1cc3c(cc1c2CN1CCN(C)CC1)OCCO3.CC[C@H](C)C(=O)O[C@H]1C[C@@H](C)C=C2C=C[C@H](C)[C@H](CC[C@@H]3C[C@@H](O)CC(=O)O3)[C@H]21.O=C1c2c(O)cccc2-c2nn(CCNCCO)c3ccc(NCCNCCO)c1c23.[Lu]. The van der Waals surface area contributed by atoms with Crippen molar-refractivity contribution >= 4 is 68.3 Å². The molecular formula is C87H110LuN14O21. The number of ether oxygens (including phenoxy) is 6. The van der Waals surface area contributed by atoms with Gasteiger partial charge in [-0.25, -0.2) is 19.1 Å². The molecule has 35 nitrogen and oxygen atoms in total. The summed E-state index contributed by atoms with van der Waals surface area (Å²) in [6.45, 7) is 22.4. The number of nitrogens with zero attached hydrogens (tertiary/aromatic N) is 9. The smallest absolute Gasteiger partial charge is 0.343 e. The van der Waals surface area contributed by atoms with Gasteiger partial charge in [0.15, 0.2) is 40.3 Å². The van der Waals surface area contributed by atoms with E-state index in [0.29, 0.717) is 140 Å². The zero-order valence-electron chi connectivity index (χ0n) is 69.7. The first-order valence-electron chi connectivity index (χ1n) is 42.0. The standard InChI is InChI=1S/C28H30N4O6.C24H36O5.C22H27N5O4.C13H17N5O6.Lu/c1-3-28(35)20-11-22-25-18(14-32(22)26(33)19(20)15-38-27(28)34)17(13-31-6-4-30(2)5-7-31)16-10-23-24(12-21(16)29-25)37-9-8-36-23;1-5-15(3)24(27)29-21-11-14(2)10-17-7-6-16(4)20(23(17)21)9-8-19-12-18(25)13-22(26)28-19;28-12-9-23-6-7-25-15-4-5-16-20-19(15)22(31)18-14(2-1-3-17(18)30)21(20)26-27(16)11-8-24-10-13-29;1-2-3-17-6-9(15-12(14)16-10(6)22)18(13(17)23)11-8(21)7(20)5(4-19)24-11;/h10-12,35H,3-9,13-15H2,1-2H3;6-7,10,14-16,18-21,23,25H,5,8-9,11-13H2,1-4H3;1-5,23-25,28-30H,6-13H2;2,5,7-8,11,19-21H,1,3-4H2,(H3,14,15,16,22);/t28-;14-,15-,16-,18+,19+,20-,21-,23-;;5-,7-,8-,11-;/m00.1./s1. The molecule has 9 aliphatic rings. The number of carbonyl (C=O) groups is 4. The number of aliphatic hydroxyl groups excluding tert-OH is 6. The van der Waals surface area contributed by atoms with E-state index in [0.717, 1.165) is 100 Å². The molecule has 123 heavy (non-hydrogen) atoms. The van der Waals surface area contributed by atoms with E-state index < -0.39 is 60.1 Å². The van der Waals surface area contributed by atoms with Crippen molar-refractivity contribution in [2.24, 2.45) is 29.6 Å². The van der Waals surface area contributed by atoms with Crippen LogP contribution < -0.4 is 48.0 Å². The van der Waals surface area contributed by atoms with Crippen LogP contribution in [0.5, 0.6) is 17.2 Å². The molecule has 669 valence electrons. The van der Waals surface area contributed by atoms with E-state index in [9.17, 15) is 64.2 Å². The molecule has 5 aromatic heterocycles. The molecule has 8 aromatic rings. The molecule has 14 N–H and O–H groups in total. The number of rotatable bonds is 24. The third-order valence-corrected chi connectivity index (χ3v) is 24.7. The molecule has 17 rings (SSSR count). The molecule has 0 amide bonds. The Labute approximate surface area is 737 Å². The summed E-state index contributed by atoms with van der Waals surface area (Å²) in [5.74, 6) is 0.896. The first-order valence-corrected chi connectivity index (χ1v) is 42.0. The molecule has 36 heteroatoms. The maximum absolute atomic E-state index is 13.7. The quantitative estimate of drug-likeness (QED) is 0.0178. The minimum atomic E-state index is -1.85. The molecular weight excluding hydrogens is 1750 g/mol. The number of aromatic hydroxyl groups is 1. The van der Waals surface area contributed by atoms with Gasteiger partial charge in [0, 0.05) is 160 Å². The van der Waals surface area contributed by atoms with Crippen molar-refractivity contribution in [3.63, 3.8) is 0 Å². The normalized spacial score (nSPS) is 24.3. The summed E-state index contributed by atoms with van der Waals surface area (Å²) in [5, 5.41) is 94.7. The van der Waals surface area contributed by atoms with Crippen molar-refractivity contribution < 1.29 is 125 Å². The van der Waals surface area contributed by atoms with Crippen LogP contribution in [0.15, 0.2) is 99.4 Å². The van der Waals surface area contributed by atoms with Gasteiger partial charge in [0.1, 0.15) is 61.8 Å². The number of anilines is 2. The van der Waals surface area contributed by atoms with E-state index in [1.54, 1.807) is 23.6 Å². The van der Waals surface area contributed by atoms with Crippen LogP contribution in [0.25, 0.3) is 55.6 Å². The number of imidazole rings is 1. The van der Waals surface area contributed by atoms with E-state index in [4.69, 9.17) is 54.5 Å². The van der Waals surface area contributed by atoms with Crippen LogP contribution in [0.1, 0.15) is 124 Å². The summed E-state index contributed by atoms with van der Waals surface area (Å²) in [6, 6.07) is 14.6. The predicted molar refractivity (Wildman–Crippen MR) is 450 cm³/mol. The number of pyridine rings is 2. The van der Waals surface area contributed by atoms with Gasteiger partial charge in [0.25, 0.3) is 11.1 Å². The molecule has 0 bridgehead atoms. The van der Waals surface area contributed by atoms with Crippen molar-refractivity contribution in [3.8, 4) is 39.9 Å². The Balaban J connectivity index is 0.000000143. The van der Waals surface area contributed by atoms with Crippen LogP contribution in [-0.2, 0) is 71.7 Å². The summed E-state index contributed by atoms with van der Waals surface area (Å²) in [4.78, 5) is 105. The number of carbonyl (C=O) groups excluding carboxylic acids is 4. The van der Waals surface area contributed by atoms with Crippen molar-refractivity contribution in [3.05, 3.63) is 150 Å². The summed E-state index contributed by atoms with van der Waals surface area (Å²) < 4.78 is 39.4. The number of allylic oxidation sites excluding steroid dienone is 4. The van der Waals surface area contributed by atoms with Crippen molar-refractivity contribution in [2.75, 3.05) is 110 Å². The molecule has 3 aromatic carbocycles. The van der Waals surface area contributed by atoms with E-state index in [1.165, 1.54) is 17.7 Å². The average molecular weight is 1860 g/mol. The van der Waals surface area contributed by atoms with Gasteiger partial charge >= 0.3 is 23.6 Å². The van der Waals surface area contributed by atoms with Gasteiger partial charge in [-0.1, -0.05) is 71.1 Å². The molecule has 11 heterocycles. The number of fused-ring (bicyclic) bond motifs is 10. The number of nitrogens with one attached hydrogen (secondary N) is 4. The number of aromatic nitrogens is 8. The molecule has 0 saturated carbocycles. The van der Waals surface area contributed by atoms with Crippen molar-refractivity contribution in [1.29, 1.82) is 0 Å². The minimum absolute atomic E-state index is 0. The second kappa shape index (κ2) is 39.5. The number of nitrogens with two attached hydrogens (primary N) is 1. The number of hydrogen-bond donors (Lipinski definition) is 13. The maximum atomic E-state index is 13.7. The third kappa shape index (κ3) is 18.6. The molecule has 3 fully saturated rings. The topological polar surface area (TPSA) is 479 Å². The van der Waals surface area contributed by atoms with E-state index >= 15 is 0 Å². The van der Waals surface area contributed by atoms with Gasteiger partial charge in [-0.2, -0.15) is 10.1 Å². The van der Waals surface area contributed by atoms with Crippen LogP contribution in [-0.4, -0.2) is 248 Å². The van der Waals surface area contributed by atoms with Gasteiger partial charge in [0.05, 0.1) is 90.5 Å². The zero-order valence-corrected chi connectivity index (χ0v) is 71.4. The summed E-state index contributed by atoms with van der Waals surface area (Å²) in [5.41, 5.74) is 11.7. The van der Waals surface area contributed by atoms with Crippen LogP contribution in [0.2, 0.25) is 0 Å². The number of nitrogen functional groups attached to an aromatic ring is 1. The summed E-state index contributed by atoms with van der Waals surface area (Å²) in [7, 11) is 2.14. The number of piperazine rings is 1. The van der Waals surface area contributed by atoms with Gasteiger partial charge in [0.2, 0.25) is 5.95 Å². The van der Waals surface area contributed by atoms with Gasteiger partial charge in [-0.05, 0) is 98.4 Å². The Morgan fingerprint density at radius 3 is 2.31 bits per heavy atom. The fourth-order valence-corrected chi connectivity index (χ4v) is 18.0. The fraction of sp³-hybridized carbons (Fsp3) is 0.517. The number of likely N-dealkylation sites (N-methyl/N-ethyl adjacent to an activating group) is 1. The van der Waals surface area contributed by atoms with Crippen LogP contribution in [0.4, 0.5) is 11.6 Å². The number of benzene rings is 3. The third-order valence-electron chi connectivity index (χ3n) is 24.7. The van der Waals surface area contributed by atoms with Crippen molar-refractivity contribution in [2.45, 2.75) is 161 Å². The number of cyclic esters (lactones) is 2. The Morgan fingerprint density at radius 1 is 0.870 bits per heavy atom. The Morgan fingerprint density at radius 2 is 1.61 bits per heavy atom. The van der Waals surface area contributed by atoms with Crippen molar-refractivity contribution in [1.82, 2.24) is 58.9 Å². The van der Waals surface area contributed by atoms with Crippen LogP contribution >= 0.6 is 0 Å². The number of aromatic amines is 1. The number of ketones is 1. The number of phenols is 1. The maximum Gasteiger partial charge on any atom is 0.343 e. The monoisotopic (exact) mass is 1860 g/mol. The van der Waals surface area contributed by atoms with Crippen LogP contribution in [0, 0.1) is 66.5 Å². The number of aliphatic hydroxyl groups is 7. The average Bonchev–Trinajstić information content (AvgIpc) is 1.60. The zero-order chi connectivity index (χ0) is 86.7. The predicted octanol–water partition coefficient (Wildman–Crippen LogP) is 3.59. The fourth-order valence-electron chi connectivity index (χ4n) is 18.0. The summed E-state index contributed by atoms with van der Waals surface area (Å²) in [6.07, 6.45) is 5.93. The number of hydrogen-bond acceptors (Lipinski definition) is 30. The first-order chi connectivity index (χ1) is 58.7. The number of esters is 3. The molecule has 6 aliphatic heterocycles. The van der Waals surface area contributed by atoms with Gasteiger partial charge in [-0.15, -0.1) is 6.58 Å². The summed E-state index contributed by atoms with van der Waals surface area (Å²) >= 11 is 0. The molecule has 3 saturated heterocycles. The van der Waals surface area contributed by atoms with Gasteiger partial charge in [-0.3, -0.25) is 43.1 Å². The molecule has 1 radical (unpaired) electrons. The minimum Gasteiger partial charge on any atom is -0.507 e. The Hall–Kier alpha value is -9.31. The molecule has 0 spiro atoms. The number of phenolic OH excluding ortho intramolecular Hbond substituents is 1. The van der Waals surface area contributed by atoms with E-state index in [1.807, 2.05) is 48.9 Å². The molecule has 13 atom stereocenters. The second-order valence-corrected chi connectivity index (χ2v) is 32.7. The molecule has 3 aliphatic carbocycles. The number of H-pyrrole nitrogens is 1. The van der Waals surface area contributed by atoms with Crippen LogP contribution in [0.3, 0.4) is 0 Å². The van der Waals surface area contributed by atoms with Gasteiger partial charge < -0.3 is 100 Å². The first kappa shape index (κ1) is 91.4. The largest absolute Gasteiger partial charge is 0.507 e. The second-order valence-electron chi connectivity index (χ2n) is 32.7. The Bertz CT molecular complexity index is 5540. The van der Waals surface area contributed by atoms with E-state index in [2.05, 4.69) is 81.4 Å². The van der Waals surface area contributed by atoms with E-state index in [-0.39, 0.29) is 152 Å².